The smallest absolute Gasteiger partial charge is 0.157 e. The van der Waals surface area contributed by atoms with Gasteiger partial charge in [-0.3, -0.25) is 0 Å². The van der Waals surface area contributed by atoms with Crippen molar-refractivity contribution in [3.05, 3.63) is 41.4 Å². The molecule has 60 valence electrons. The molecule has 12 heavy (non-hydrogen) atoms. The van der Waals surface area contributed by atoms with Crippen molar-refractivity contribution in [3.63, 3.8) is 0 Å². The van der Waals surface area contributed by atoms with Crippen LogP contribution >= 0.6 is 0 Å². The lowest BCUT2D eigenvalue weighted by atomic mass is 10.2. The van der Waals surface area contributed by atoms with E-state index in [4.69, 9.17) is 16.8 Å². The number of rotatable bonds is 1. The Morgan fingerprint density at radius 2 is 2.00 bits per heavy atom. The van der Waals surface area contributed by atoms with Crippen molar-refractivity contribution >= 4 is 6.08 Å². The lowest BCUT2D eigenvalue weighted by Gasteiger charge is -1.97. The molecule has 1 rings (SSSR count). The normalized spacial score (nSPS) is 9.92. The number of nitrogens with zero attached hydrogens (tertiary/aromatic N) is 1. The van der Waals surface area contributed by atoms with E-state index in [9.17, 15) is 0 Å². The molecule has 0 aliphatic carbocycles. The van der Waals surface area contributed by atoms with Crippen LogP contribution in [-0.2, 0) is 0 Å². The quantitative estimate of drug-likeness (QED) is 0.488. The molecule has 0 spiro atoms. The fourth-order valence-electron chi connectivity index (χ4n) is 0.767. The highest BCUT2D eigenvalue weighted by Gasteiger charge is 1.96. The molecule has 0 heterocycles. The minimum absolute atomic E-state index is 0.157. The maximum atomic E-state index is 9.04. The number of benzene rings is 1. The molecule has 0 saturated carbocycles. The van der Waals surface area contributed by atoms with Gasteiger partial charge in [-0.25, -0.2) is 4.85 Å². The van der Waals surface area contributed by atoms with Gasteiger partial charge in [0.05, 0.1) is 6.57 Å². The molecule has 0 atom stereocenters. The minimum atomic E-state index is -0.179. The summed E-state index contributed by atoms with van der Waals surface area (Å²) >= 11 is 0. The van der Waals surface area contributed by atoms with Crippen LogP contribution in [0, 0.1) is 6.57 Å². The molecule has 0 unspecified atom stereocenters. The summed E-state index contributed by atoms with van der Waals surface area (Å²) in [6.45, 7) is 6.47. The minimum Gasteiger partial charge on any atom is -0.504 e. The Morgan fingerprint density at radius 1 is 1.25 bits per heavy atom. The first-order chi connectivity index (χ1) is 5.74. The van der Waals surface area contributed by atoms with Gasteiger partial charge in [-0.2, -0.15) is 0 Å². The highest BCUT2D eigenvalue weighted by molar-refractivity contribution is 5.55. The van der Waals surface area contributed by atoms with Crippen LogP contribution in [0.15, 0.2) is 24.4 Å². The van der Waals surface area contributed by atoms with Crippen molar-refractivity contribution in [2.75, 3.05) is 0 Å². The maximum Gasteiger partial charge on any atom is 0.157 e. The Balaban J connectivity index is 2.99. The van der Waals surface area contributed by atoms with Gasteiger partial charge in [0.2, 0.25) is 0 Å². The van der Waals surface area contributed by atoms with Crippen molar-refractivity contribution < 1.29 is 10.2 Å². The molecule has 3 nitrogen and oxygen atoms in total. The number of aromatic hydroxyl groups is 2. The summed E-state index contributed by atoms with van der Waals surface area (Å²) in [6.07, 6.45) is 2.83. The third kappa shape index (κ3) is 1.77. The summed E-state index contributed by atoms with van der Waals surface area (Å²) < 4.78 is 0. The molecule has 0 aromatic heterocycles. The summed E-state index contributed by atoms with van der Waals surface area (Å²) in [4.78, 5) is 3.01. The second-order valence-electron chi connectivity index (χ2n) is 2.19. The number of hydrogen-bond acceptors (Lipinski definition) is 2. The Kier molecular flexibility index (Phi) is 2.34. The van der Waals surface area contributed by atoms with E-state index < -0.39 is 0 Å². The Bertz CT molecular complexity index is 350. The van der Waals surface area contributed by atoms with Gasteiger partial charge in [0.25, 0.3) is 0 Å². The zero-order valence-corrected chi connectivity index (χ0v) is 6.23. The summed E-state index contributed by atoms with van der Waals surface area (Å²) in [5, 5.41) is 18.0. The molecule has 0 radical (unpaired) electrons. The van der Waals surface area contributed by atoms with E-state index in [-0.39, 0.29) is 11.5 Å². The molecule has 2 N–H and O–H groups in total. The first kappa shape index (κ1) is 8.15. The first-order valence-corrected chi connectivity index (χ1v) is 3.29. The van der Waals surface area contributed by atoms with E-state index in [0.717, 1.165) is 0 Å². The van der Waals surface area contributed by atoms with Gasteiger partial charge in [-0.1, -0.05) is 12.1 Å². The highest BCUT2D eigenvalue weighted by Crippen LogP contribution is 2.25. The summed E-state index contributed by atoms with van der Waals surface area (Å²) in [5.74, 6) is -0.336. The zero-order valence-electron chi connectivity index (χ0n) is 6.23. The molecule has 3 heteroatoms. The SMILES string of the molecule is [C-]#[N+]/C=C/c1ccc(O)c(O)c1. The predicted octanol–water partition coefficient (Wildman–Crippen LogP) is 1.99. The Labute approximate surface area is 70.0 Å². The van der Waals surface area contributed by atoms with E-state index in [0.29, 0.717) is 5.56 Å². The van der Waals surface area contributed by atoms with Crippen LogP contribution in [0.1, 0.15) is 5.56 Å². The average Bonchev–Trinajstić information content (AvgIpc) is 2.07. The maximum absolute atomic E-state index is 9.04. The first-order valence-electron chi connectivity index (χ1n) is 3.29. The van der Waals surface area contributed by atoms with Gasteiger partial charge in [0.1, 0.15) is 0 Å². The molecule has 0 aliphatic heterocycles. The third-order valence-electron chi connectivity index (χ3n) is 1.34. The fraction of sp³-hybridized carbons (Fsp3) is 0. The lowest BCUT2D eigenvalue weighted by molar-refractivity contribution is 0.403. The largest absolute Gasteiger partial charge is 0.504 e. The predicted molar refractivity (Wildman–Crippen MR) is 45.4 cm³/mol. The molecular weight excluding hydrogens is 154 g/mol. The van der Waals surface area contributed by atoms with Crippen molar-refractivity contribution in [2.24, 2.45) is 0 Å². The standard InChI is InChI=1S/C9H7NO2/c1-10-5-4-7-2-3-8(11)9(12)6-7/h2-6,11-12H/b5-4+. The summed E-state index contributed by atoms with van der Waals surface area (Å²) in [5.41, 5.74) is 0.682. The van der Waals surface area contributed by atoms with Crippen LogP contribution in [0.2, 0.25) is 0 Å². The lowest BCUT2D eigenvalue weighted by Crippen LogP contribution is -1.72. The number of hydrogen-bond donors (Lipinski definition) is 2. The molecule has 1 aromatic rings. The molecule has 1 aromatic carbocycles. The zero-order chi connectivity index (χ0) is 8.97. The van der Waals surface area contributed by atoms with E-state index >= 15 is 0 Å². The van der Waals surface area contributed by atoms with Crippen LogP contribution < -0.4 is 0 Å². The van der Waals surface area contributed by atoms with E-state index in [1.807, 2.05) is 0 Å². The van der Waals surface area contributed by atoms with Crippen LogP contribution in [-0.4, -0.2) is 10.2 Å². The second kappa shape index (κ2) is 3.44. The fourth-order valence-corrected chi connectivity index (χ4v) is 0.767. The molecule has 0 amide bonds. The number of phenolic OH excluding ortho intramolecular Hbond substituents is 2. The van der Waals surface area contributed by atoms with Crippen molar-refractivity contribution in [3.8, 4) is 11.5 Å². The van der Waals surface area contributed by atoms with Gasteiger partial charge in [-0.15, -0.1) is 0 Å². The number of phenols is 2. The van der Waals surface area contributed by atoms with Gasteiger partial charge in [0.15, 0.2) is 17.7 Å². The van der Waals surface area contributed by atoms with Crippen LogP contribution in [0.5, 0.6) is 11.5 Å². The van der Waals surface area contributed by atoms with E-state index in [1.165, 1.54) is 18.3 Å². The monoisotopic (exact) mass is 161 g/mol. The Hall–Kier alpha value is -1.95. The van der Waals surface area contributed by atoms with Gasteiger partial charge >= 0.3 is 0 Å². The van der Waals surface area contributed by atoms with E-state index in [2.05, 4.69) is 4.85 Å². The van der Waals surface area contributed by atoms with Crippen molar-refractivity contribution in [1.82, 2.24) is 0 Å². The second-order valence-corrected chi connectivity index (χ2v) is 2.19. The summed E-state index contributed by atoms with van der Waals surface area (Å²) in [7, 11) is 0. The Morgan fingerprint density at radius 3 is 2.58 bits per heavy atom. The molecular formula is C9H7NO2. The van der Waals surface area contributed by atoms with Crippen LogP contribution in [0.4, 0.5) is 0 Å². The van der Waals surface area contributed by atoms with Gasteiger partial charge in [-0.05, 0) is 17.7 Å². The molecule has 0 bridgehead atoms. The third-order valence-corrected chi connectivity index (χ3v) is 1.34. The van der Waals surface area contributed by atoms with Gasteiger partial charge in [0, 0.05) is 0 Å². The topological polar surface area (TPSA) is 44.8 Å². The van der Waals surface area contributed by atoms with Crippen LogP contribution in [0.25, 0.3) is 10.9 Å². The summed E-state index contributed by atoms with van der Waals surface area (Å²) in [6, 6.07) is 4.37. The molecule has 0 aliphatic rings. The highest BCUT2D eigenvalue weighted by atomic mass is 16.3. The average molecular weight is 161 g/mol. The molecule has 0 fully saturated rings. The van der Waals surface area contributed by atoms with Crippen LogP contribution in [0.3, 0.4) is 0 Å². The van der Waals surface area contributed by atoms with Gasteiger partial charge < -0.3 is 10.2 Å². The van der Waals surface area contributed by atoms with Crippen molar-refractivity contribution in [1.29, 1.82) is 0 Å². The molecule has 0 saturated heterocycles. The van der Waals surface area contributed by atoms with E-state index in [1.54, 1.807) is 12.1 Å². The van der Waals surface area contributed by atoms with Crippen molar-refractivity contribution in [2.45, 2.75) is 0 Å².